The normalized spacial score (nSPS) is 11.0. The minimum Gasteiger partial charge on any atom is -0.507 e. The van der Waals surface area contributed by atoms with Crippen molar-refractivity contribution in [1.29, 1.82) is 0 Å². The third-order valence-corrected chi connectivity index (χ3v) is 5.85. The summed E-state index contributed by atoms with van der Waals surface area (Å²) >= 11 is 12.1. The highest BCUT2D eigenvalue weighted by Gasteiger charge is 2.17. The number of phenolic OH excluding ortho intramolecular Hbond substituents is 1. The van der Waals surface area contributed by atoms with E-state index in [9.17, 15) is 9.90 Å². The van der Waals surface area contributed by atoms with Crippen molar-refractivity contribution in [3.8, 4) is 5.75 Å². The van der Waals surface area contributed by atoms with Gasteiger partial charge in [-0.3, -0.25) is 4.79 Å². The molecule has 4 heteroatoms. The van der Waals surface area contributed by atoms with Crippen molar-refractivity contribution in [2.75, 3.05) is 0 Å². The lowest BCUT2D eigenvalue weighted by Gasteiger charge is -2.09. The lowest BCUT2D eigenvalue weighted by molar-refractivity contribution is 0.103. The SMILES string of the molecule is CCCCCCCCCCCCc1ccc(O)c(C(=O)c2ccc(Cl)cc2Cl)c1. The molecule has 2 nitrogen and oxygen atoms in total. The second-order valence-electron chi connectivity index (χ2n) is 7.74. The van der Waals surface area contributed by atoms with Gasteiger partial charge in [0.15, 0.2) is 5.78 Å². The fourth-order valence-electron chi connectivity index (χ4n) is 3.56. The van der Waals surface area contributed by atoms with Gasteiger partial charge in [-0.2, -0.15) is 0 Å². The van der Waals surface area contributed by atoms with E-state index < -0.39 is 0 Å². The molecule has 0 aromatic heterocycles. The van der Waals surface area contributed by atoms with Crippen LogP contribution in [0.2, 0.25) is 10.0 Å². The lowest BCUT2D eigenvalue weighted by Crippen LogP contribution is -2.03. The molecule has 0 bridgehead atoms. The van der Waals surface area contributed by atoms with Gasteiger partial charge in [-0.25, -0.2) is 0 Å². The summed E-state index contributed by atoms with van der Waals surface area (Å²) in [4.78, 5) is 12.8. The highest BCUT2D eigenvalue weighted by Crippen LogP contribution is 2.28. The fourth-order valence-corrected chi connectivity index (χ4v) is 4.05. The van der Waals surface area contributed by atoms with Gasteiger partial charge in [0.2, 0.25) is 0 Å². The summed E-state index contributed by atoms with van der Waals surface area (Å²) in [5.74, 6) is -0.304. The first-order valence-electron chi connectivity index (χ1n) is 10.8. The molecule has 0 radical (unpaired) electrons. The maximum Gasteiger partial charge on any atom is 0.198 e. The van der Waals surface area contributed by atoms with Gasteiger partial charge in [0.25, 0.3) is 0 Å². The van der Waals surface area contributed by atoms with Gasteiger partial charge in [-0.1, -0.05) is 94.0 Å². The van der Waals surface area contributed by atoms with E-state index in [2.05, 4.69) is 6.92 Å². The molecule has 158 valence electrons. The Hall–Kier alpha value is -1.51. The Morgan fingerprint density at radius 3 is 2.03 bits per heavy atom. The van der Waals surface area contributed by atoms with Crippen LogP contribution in [0.1, 0.15) is 92.6 Å². The molecular weight excluding hydrogens is 403 g/mol. The maximum atomic E-state index is 12.8. The molecule has 2 aromatic rings. The standard InChI is InChI=1S/C25H32Cl2O2/c1-2-3-4-5-6-7-8-9-10-11-12-19-13-16-24(28)22(17-19)25(29)21-15-14-20(26)18-23(21)27/h13-18,28H,2-12H2,1H3. The first-order valence-corrected chi connectivity index (χ1v) is 11.6. The summed E-state index contributed by atoms with van der Waals surface area (Å²) in [6.07, 6.45) is 13.9. The Labute approximate surface area is 185 Å². The molecule has 0 aliphatic carbocycles. The quantitative estimate of drug-likeness (QED) is 0.253. The Morgan fingerprint density at radius 1 is 0.793 bits per heavy atom. The van der Waals surface area contributed by atoms with Crippen molar-refractivity contribution < 1.29 is 9.90 Å². The number of aromatic hydroxyl groups is 1. The Balaban J connectivity index is 1.81. The predicted molar refractivity (Wildman–Crippen MR) is 124 cm³/mol. The number of carbonyl (C=O) groups excluding carboxylic acids is 1. The van der Waals surface area contributed by atoms with E-state index >= 15 is 0 Å². The van der Waals surface area contributed by atoms with Crippen LogP contribution < -0.4 is 0 Å². The van der Waals surface area contributed by atoms with Crippen molar-refractivity contribution in [1.82, 2.24) is 0 Å². The third kappa shape index (κ3) is 8.03. The summed E-state index contributed by atoms with van der Waals surface area (Å²) in [5.41, 5.74) is 1.71. The molecule has 0 aliphatic rings. The molecule has 0 aliphatic heterocycles. The number of hydrogen-bond acceptors (Lipinski definition) is 2. The number of phenols is 1. The van der Waals surface area contributed by atoms with Crippen LogP contribution in [0.5, 0.6) is 5.75 Å². The van der Waals surface area contributed by atoms with E-state index in [1.165, 1.54) is 57.8 Å². The summed E-state index contributed by atoms with van der Waals surface area (Å²) in [7, 11) is 0. The number of carbonyl (C=O) groups is 1. The fraction of sp³-hybridized carbons (Fsp3) is 0.480. The zero-order valence-corrected chi connectivity index (χ0v) is 18.9. The highest BCUT2D eigenvalue weighted by molar-refractivity contribution is 6.37. The molecule has 0 amide bonds. The van der Waals surface area contributed by atoms with Crippen LogP contribution in [-0.2, 0) is 6.42 Å². The van der Waals surface area contributed by atoms with Gasteiger partial charge < -0.3 is 5.11 Å². The van der Waals surface area contributed by atoms with Gasteiger partial charge in [0.1, 0.15) is 5.75 Å². The zero-order chi connectivity index (χ0) is 21.1. The number of aryl methyl sites for hydroxylation is 1. The number of hydrogen-bond donors (Lipinski definition) is 1. The van der Waals surface area contributed by atoms with Crippen LogP contribution in [0, 0.1) is 0 Å². The number of halogens is 2. The summed E-state index contributed by atoms with van der Waals surface area (Å²) < 4.78 is 0. The van der Waals surface area contributed by atoms with Crippen molar-refractivity contribution in [3.05, 3.63) is 63.1 Å². The molecule has 29 heavy (non-hydrogen) atoms. The minimum atomic E-state index is -0.283. The molecule has 2 aromatic carbocycles. The Kier molecular flexibility index (Phi) is 10.6. The van der Waals surface area contributed by atoms with Crippen LogP contribution in [0.4, 0.5) is 0 Å². The first kappa shape index (κ1) is 23.8. The molecule has 0 atom stereocenters. The van der Waals surface area contributed by atoms with Crippen LogP contribution in [0.25, 0.3) is 0 Å². The third-order valence-electron chi connectivity index (χ3n) is 5.30. The van der Waals surface area contributed by atoms with Crippen molar-refractivity contribution in [3.63, 3.8) is 0 Å². The van der Waals surface area contributed by atoms with Crippen LogP contribution in [0.15, 0.2) is 36.4 Å². The zero-order valence-electron chi connectivity index (χ0n) is 17.4. The second-order valence-corrected chi connectivity index (χ2v) is 8.58. The molecule has 0 fully saturated rings. The van der Waals surface area contributed by atoms with Gasteiger partial charge in [-0.15, -0.1) is 0 Å². The molecule has 0 spiro atoms. The number of benzene rings is 2. The van der Waals surface area contributed by atoms with Crippen LogP contribution in [0.3, 0.4) is 0 Å². The van der Waals surface area contributed by atoms with Crippen LogP contribution in [-0.4, -0.2) is 10.9 Å². The molecule has 2 rings (SSSR count). The van der Waals surface area contributed by atoms with Crippen molar-refractivity contribution in [2.24, 2.45) is 0 Å². The molecule has 0 saturated heterocycles. The van der Waals surface area contributed by atoms with Gasteiger partial charge in [-0.05, 0) is 48.7 Å². The molecular formula is C25H32Cl2O2. The minimum absolute atomic E-state index is 0.0205. The maximum absolute atomic E-state index is 12.8. The summed E-state index contributed by atoms with van der Waals surface area (Å²) in [5, 5.41) is 10.9. The Morgan fingerprint density at radius 2 is 1.41 bits per heavy atom. The number of ketones is 1. The van der Waals surface area contributed by atoms with E-state index in [4.69, 9.17) is 23.2 Å². The summed E-state index contributed by atoms with van der Waals surface area (Å²) in [6.45, 7) is 2.25. The molecule has 0 heterocycles. The van der Waals surface area contributed by atoms with Crippen molar-refractivity contribution in [2.45, 2.75) is 77.6 Å². The Bertz CT molecular complexity index is 786. The molecule has 0 saturated carbocycles. The largest absolute Gasteiger partial charge is 0.507 e. The van der Waals surface area contributed by atoms with Crippen molar-refractivity contribution >= 4 is 29.0 Å². The smallest absolute Gasteiger partial charge is 0.198 e. The van der Waals surface area contributed by atoms with E-state index in [-0.39, 0.29) is 11.5 Å². The highest BCUT2D eigenvalue weighted by atomic mass is 35.5. The summed E-state index contributed by atoms with van der Waals surface area (Å²) in [6, 6.07) is 10.1. The lowest BCUT2D eigenvalue weighted by atomic mass is 9.97. The average molecular weight is 435 g/mol. The van der Waals surface area contributed by atoms with E-state index in [1.807, 2.05) is 6.07 Å². The predicted octanol–water partition coefficient (Wildman–Crippen LogP) is 8.39. The van der Waals surface area contributed by atoms with Gasteiger partial charge in [0.05, 0.1) is 10.6 Å². The van der Waals surface area contributed by atoms with Gasteiger partial charge in [0, 0.05) is 10.6 Å². The first-order chi connectivity index (χ1) is 14.0. The van der Waals surface area contributed by atoms with E-state index in [1.54, 1.807) is 30.3 Å². The second kappa shape index (κ2) is 12.9. The average Bonchev–Trinajstić information content (AvgIpc) is 2.70. The van der Waals surface area contributed by atoms with E-state index in [0.717, 1.165) is 18.4 Å². The molecule has 1 N–H and O–H groups in total. The topological polar surface area (TPSA) is 37.3 Å². The number of rotatable bonds is 13. The van der Waals surface area contributed by atoms with Gasteiger partial charge >= 0.3 is 0 Å². The monoisotopic (exact) mass is 434 g/mol. The molecule has 0 unspecified atom stereocenters. The van der Waals surface area contributed by atoms with Crippen LogP contribution >= 0.6 is 23.2 Å². The number of unbranched alkanes of at least 4 members (excludes halogenated alkanes) is 9. The van der Waals surface area contributed by atoms with E-state index in [0.29, 0.717) is 21.2 Å².